The molecule has 2 aromatic rings. The summed E-state index contributed by atoms with van der Waals surface area (Å²) in [6, 6.07) is 8.28. The van der Waals surface area contributed by atoms with Crippen molar-refractivity contribution in [3.8, 4) is 0 Å². The molecule has 2 rings (SSSR count). The second kappa shape index (κ2) is 3.91. The zero-order valence-corrected chi connectivity index (χ0v) is 9.47. The minimum atomic E-state index is 0.784. The molecule has 0 fully saturated rings. The first kappa shape index (κ1) is 9.99. The summed E-state index contributed by atoms with van der Waals surface area (Å²) in [6.45, 7) is 6.02. The normalized spacial score (nSPS) is 13.7. The van der Waals surface area contributed by atoms with Crippen molar-refractivity contribution in [2.75, 3.05) is 0 Å². The lowest BCUT2D eigenvalue weighted by Gasteiger charge is -1.85. The molecule has 0 aliphatic rings. The lowest BCUT2D eigenvalue weighted by Crippen LogP contribution is -2.17. The summed E-state index contributed by atoms with van der Waals surface area (Å²) in [6.07, 6.45) is 3.87. The van der Waals surface area contributed by atoms with E-state index in [1.54, 1.807) is 11.3 Å². The molecule has 0 saturated carbocycles. The van der Waals surface area contributed by atoms with Gasteiger partial charge in [0.2, 0.25) is 0 Å². The largest absolute Gasteiger partial charge is 0.399 e. The molecular formula is C13H13NS. The van der Waals surface area contributed by atoms with E-state index in [4.69, 9.17) is 5.73 Å². The monoisotopic (exact) mass is 215 g/mol. The topological polar surface area (TPSA) is 26.0 Å². The number of fused-ring (bicyclic) bond motifs is 1. The van der Waals surface area contributed by atoms with Crippen molar-refractivity contribution in [1.82, 2.24) is 0 Å². The van der Waals surface area contributed by atoms with Gasteiger partial charge in [0.1, 0.15) is 0 Å². The maximum Gasteiger partial charge on any atom is 0.0369 e. The highest BCUT2D eigenvalue weighted by Gasteiger charge is 1.97. The first-order chi connectivity index (χ1) is 7.22. The number of nitrogens with two attached hydrogens (primary N) is 1. The van der Waals surface area contributed by atoms with E-state index in [0.29, 0.717) is 0 Å². The van der Waals surface area contributed by atoms with Gasteiger partial charge in [-0.1, -0.05) is 30.9 Å². The predicted octanol–water partition coefficient (Wildman–Crippen LogP) is 1.95. The maximum absolute atomic E-state index is 5.78. The third kappa shape index (κ3) is 1.81. The average molecular weight is 215 g/mol. The fraction of sp³-hybridized carbons (Fsp3) is 0.0769. The van der Waals surface area contributed by atoms with Gasteiger partial charge in [-0.3, -0.25) is 0 Å². The third-order valence-corrected chi connectivity index (χ3v) is 3.52. The minimum absolute atomic E-state index is 0.784. The Morgan fingerprint density at radius 3 is 2.80 bits per heavy atom. The van der Waals surface area contributed by atoms with Crippen LogP contribution in [0.5, 0.6) is 0 Å². The Morgan fingerprint density at radius 2 is 2.13 bits per heavy atom. The van der Waals surface area contributed by atoms with E-state index in [9.17, 15) is 0 Å². The molecule has 76 valence electrons. The third-order valence-electron chi connectivity index (χ3n) is 2.36. The van der Waals surface area contributed by atoms with Crippen LogP contribution in [0.15, 0.2) is 36.0 Å². The Hall–Kier alpha value is -1.54. The van der Waals surface area contributed by atoms with Crippen molar-refractivity contribution in [2.45, 2.75) is 6.92 Å². The molecule has 0 aliphatic heterocycles. The second-order valence-corrected chi connectivity index (χ2v) is 4.46. The average Bonchev–Trinajstić information content (AvgIpc) is 2.57. The van der Waals surface area contributed by atoms with Crippen molar-refractivity contribution in [3.05, 3.63) is 45.8 Å². The number of hydrogen-bond donors (Lipinski definition) is 1. The van der Waals surface area contributed by atoms with Gasteiger partial charge in [0.25, 0.3) is 0 Å². The van der Waals surface area contributed by atoms with Gasteiger partial charge in [-0.05, 0) is 29.7 Å². The van der Waals surface area contributed by atoms with Crippen LogP contribution in [0.4, 0.5) is 0 Å². The van der Waals surface area contributed by atoms with Gasteiger partial charge in [0.15, 0.2) is 0 Å². The predicted molar refractivity (Wildman–Crippen MR) is 69.0 cm³/mol. The maximum atomic E-state index is 5.78. The number of hydrogen-bond acceptors (Lipinski definition) is 2. The molecule has 1 heterocycles. The Balaban J connectivity index is 2.80. The first-order valence-electron chi connectivity index (χ1n) is 4.82. The van der Waals surface area contributed by atoms with Crippen LogP contribution in [0.3, 0.4) is 0 Å². The van der Waals surface area contributed by atoms with Crippen LogP contribution >= 0.6 is 11.3 Å². The van der Waals surface area contributed by atoms with Gasteiger partial charge in [-0.15, -0.1) is 11.3 Å². The summed E-state index contributed by atoms with van der Waals surface area (Å²) >= 11 is 1.73. The molecule has 1 aromatic carbocycles. The zero-order valence-electron chi connectivity index (χ0n) is 8.66. The molecule has 0 aliphatic carbocycles. The van der Waals surface area contributed by atoms with Crippen molar-refractivity contribution in [3.63, 3.8) is 0 Å². The molecule has 0 atom stereocenters. The molecule has 0 saturated heterocycles. The highest BCUT2D eigenvalue weighted by Crippen LogP contribution is 2.11. The Labute approximate surface area is 92.8 Å². The van der Waals surface area contributed by atoms with Crippen molar-refractivity contribution in [2.24, 2.45) is 5.73 Å². The molecule has 15 heavy (non-hydrogen) atoms. The number of benzene rings is 1. The first-order valence-corrected chi connectivity index (χ1v) is 5.64. The van der Waals surface area contributed by atoms with E-state index in [1.165, 1.54) is 10.1 Å². The van der Waals surface area contributed by atoms with Crippen LogP contribution in [0.25, 0.3) is 22.7 Å². The standard InChI is InChI=1S/C13H13NS/c1-3-10(14)8-13-9(2)11-6-4-5-7-12(11)15-13/h3-8H,2,14H2,1H3/b10-3+,13-8+. The van der Waals surface area contributed by atoms with Gasteiger partial charge >= 0.3 is 0 Å². The summed E-state index contributed by atoms with van der Waals surface area (Å²) in [5, 5.41) is 2.29. The van der Waals surface area contributed by atoms with E-state index < -0.39 is 0 Å². The smallest absolute Gasteiger partial charge is 0.0369 e. The molecule has 2 heteroatoms. The molecule has 0 spiro atoms. The fourth-order valence-electron chi connectivity index (χ4n) is 1.47. The van der Waals surface area contributed by atoms with Gasteiger partial charge in [0, 0.05) is 14.9 Å². The Bertz CT molecular complexity index is 620. The molecule has 0 radical (unpaired) electrons. The van der Waals surface area contributed by atoms with Crippen LogP contribution in [-0.2, 0) is 0 Å². The number of rotatable bonds is 1. The second-order valence-electron chi connectivity index (χ2n) is 3.37. The molecule has 0 unspecified atom stereocenters. The van der Waals surface area contributed by atoms with E-state index in [-0.39, 0.29) is 0 Å². The Morgan fingerprint density at radius 1 is 1.40 bits per heavy atom. The number of thiophene rings is 1. The minimum Gasteiger partial charge on any atom is -0.399 e. The van der Waals surface area contributed by atoms with E-state index in [1.807, 2.05) is 31.2 Å². The van der Waals surface area contributed by atoms with Gasteiger partial charge in [-0.2, -0.15) is 0 Å². The number of allylic oxidation sites excluding steroid dienone is 2. The highest BCUT2D eigenvalue weighted by molar-refractivity contribution is 7.17. The zero-order chi connectivity index (χ0) is 10.8. The molecule has 0 amide bonds. The Kier molecular flexibility index (Phi) is 2.60. The lowest BCUT2D eigenvalue weighted by atomic mass is 10.2. The van der Waals surface area contributed by atoms with Crippen molar-refractivity contribution >= 4 is 34.1 Å². The summed E-state index contributed by atoms with van der Waals surface area (Å²) < 4.78 is 2.41. The van der Waals surface area contributed by atoms with E-state index in [0.717, 1.165) is 15.4 Å². The molecule has 1 nitrogen and oxygen atoms in total. The highest BCUT2D eigenvalue weighted by atomic mass is 32.1. The van der Waals surface area contributed by atoms with Crippen LogP contribution in [0.1, 0.15) is 6.92 Å². The quantitative estimate of drug-likeness (QED) is 0.773. The van der Waals surface area contributed by atoms with Crippen LogP contribution in [0.2, 0.25) is 0 Å². The van der Waals surface area contributed by atoms with Crippen molar-refractivity contribution < 1.29 is 0 Å². The molecule has 2 N–H and O–H groups in total. The lowest BCUT2D eigenvalue weighted by molar-refractivity contribution is 1.44. The van der Waals surface area contributed by atoms with Crippen LogP contribution in [-0.4, -0.2) is 0 Å². The molecule has 1 aromatic heterocycles. The SMILES string of the molecule is C=c1/c(=C\C(N)=C/C)sc2ccccc12. The van der Waals surface area contributed by atoms with Gasteiger partial charge in [-0.25, -0.2) is 0 Å². The summed E-state index contributed by atoms with van der Waals surface area (Å²) in [5.74, 6) is 0. The molecular weight excluding hydrogens is 202 g/mol. The van der Waals surface area contributed by atoms with Crippen LogP contribution in [0, 0.1) is 0 Å². The van der Waals surface area contributed by atoms with Crippen LogP contribution < -0.4 is 15.5 Å². The van der Waals surface area contributed by atoms with E-state index in [2.05, 4.69) is 18.7 Å². The van der Waals surface area contributed by atoms with Gasteiger partial charge in [0.05, 0.1) is 0 Å². The summed E-state index contributed by atoms with van der Waals surface area (Å²) in [5.41, 5.74) is 6.56. The van der Waals surface area contributed by atoms with Gasteiger partial charge < -0.3 is 5.73 Å². The van der Waals surface area contributed by atoms with E-state index >= 15 is 0 Å². The fourth-order valence-corrected chi connectivity index (χ4v) is 2.58. The molecule has 0 bridgehead atoms. The summed E-state index contributed by atoms with van der Waals surface area (Å²) in [4.78, 5) is 0. The van der Waals surface area contributed by atoms with Crippen molar-refractivity contribution in [1.29, 1.82) is 0 Å². The summed E-state index contributed by atoms with van der Waals surface area (Å²) in [7, 11) is 0.